The summed E-state index contributed by atoms with van der Waals surface area (Å²) >= 11 is 5.82. The third-order valence-electron chi connectivity index (χ3n) is 2.67. The lowest BCUT2D eigenvalue weighted by atomic mass is 10.2. The van der Waals surface area contributed by atoms with Crippen LogP contribution in [0.15, 0.2) is 42.5 Å². The van der Waals surface area contributed by atoms with Gasteiger partial charge in [0.1, 0.15) is 5.82 Å². The van der Waals surface area contributed by atoms with Crippen LogP contribution < -0.4 is 10.6 Å². The van der Waals surface area contributed by atoms with E-state index in [4.69, 9.17) is 11.6 Å². The fourth-order valence-corrected chi connectivity index (χ4v) is 1.90. The summed E-state index contributed by atoms with van der Waals surface area (Å²) in [5.74, 6) is -0.646. The molecule has 2 aromatic rings. The summed E-state index contributed by atoms with van der Waals surface area (Å²) in [5.41, 5.74) is 1.74. The molecule has 0 saturated heterocycles. The molecule has 2 aromatic carbocycles. The number of halogens is 2. The molecule has 0 aliphatic heterocycles. The van der Waals surface area contributed by atoms with Crippen LogP contribution in [0.3, 0.4) is 0 Å². The lowest BCUT2D eigenvalue weighted by Gasteiger charge is -2.09. The average Bonchev–Trinajstić information content (AvgIpc) is 2.37. The van der Waals surface area contributed by atoms with E-state index < -0.39 is 0 Å². The van der Waals surface area contributed by atoms with Gasteiger partial charge in [-0.25, -0.2) is 4.39 Å². The Labute approximate surface area is 121 Å². The van der Waals surface area contributed by atoms with Crippen LogP contribution in [0.1, 0.15) is 5.56 Å². The highest BCUT2D eigenvalue weighted by molar-refractivity contribution is 6.30. The minimum Gasteiger partial charge on any atom is -0.374 e. The molecule has 0 aromatic heterocycles. The van der Waals surface area contributed by atoms with Crippen molar-refractivity contribution in [2.45, 2.75) is 6.92 Å². The fraction of sp³-hybridized carbons (Fsp3) is 0.133. The second-order valence-electron chi connectivity index (χ2n) is 4.40. The van der Waals surface area contributed by atoms with E-state index in [1.54, 1.807) is 43.3 Å². The predicted octanol–water partition coefficient (Wildman–Crippen LogP) is 3.84. The van der Waals surface area contributed by atoms with Crippen LogP contribution >= 0.6 is 11.6 Å². The van der Waals surface area contributed by atoms with Gasteiger partial charge in [-0.2, -0.15) is 0 Å². The first-order chi connectivity index (χ1) is 9.54. The maximum atomic E-state index is 13.6. The van der Waals surface area contributed by atoms with Gasteiger partial charge < -0.3 is 10.6 Å². The Kier molecular flexibility index (Phi) is 4.58. The van der Waals surface area contributed by atoms with E-state index in [9.17, 15) is 9.18 Å². The molecule has 0 atom stereocenters. The summed E-state index contributed by atoms with van der Waals surface area (Å²) < 4.78 is 13.6. The number of rotatable bonds is 4. The van der Waals surface area contributed by atoms with Crippen LogP contribution in [0.5, 0.6) is 0 Å². The second kappa shape index (κ2) is 6.39. The molecule has 0 saturated carbocycles. The molecular formula is C15H14ClFN2O. The standard InChI is InChI=1S/C15H14ClFN2O/c1-10-5-6-14(13(17)7-10)18-9-15(20)19-12-4-2-3-11(16)8-12/h2-8,18H,9H2,1H3,(H,19,20). The maximum Gasteiger partial charge on any atom is 0.243 e. The van der Waals surface area contributed by atoms with E-state index in [1.807, 2.05) is 0 Å². The predicted molar refractivity (Wildman–Crippen MR) is 79.7 cm³/mol. The van der Waals surface area contributed by atoms with Crippen LogP contribution in [0.4, 0.5) is 15.8 Å². The van der Waals surface area contributed by atoms with Gasteiger partial charge in [0.25, 0.3) is 0 Å². The molecule has 0 radical (unpaired) electrons. The largest absolute Gasteiger partial charge is 0.374 e. The quantitative estimate of drug-likeness (QED) is 0.899. The van der Waals surface area contributed by atoms with E-state index >= 15 is 0 Å². The number of hydrogen-bond acceptors (Lipinski definition) is 2. The van der Waals surface area contributed by atoms with E-state index in [0.29, 0.717) is 16.4 Å². The van der Waals surface area contributed by atoms with Gasteiger partial charge in [0.2, 0.25) is 5.91 Å². The number of carbonyl (C=O) groups excluding carboxylic acids is 1. The molecule has 0 aliphatic rings. The van der Waals surface area contributed by atoms with Crippen molar-refractivity contribution in [3.05, 3.63) is 58.9 Å². The monoisotopic (exact) mass is 292 g/mol. The van der Waals surface area contributed by atoms with Gasteiger partial charge in [0, 0.05) is 10.7 Å². The van der Waals surface area contributed by atoms with Crippen molar-refractivity contribution >= 4 is 28.9 Å². The maximum absolute atomic E-state index is 13.6. The minimum atomic E-state index is -0.374. The lowest BCUT2D eigenvalue weighted by molar-refractivity contribution is -0.114. The molecule has 104 valence electrons. The first-order valence-electron chi connectivity index (χ1n) is 6.10. The van der Waals surface area contributed by atoms with Gasteiger partial charge in [-0.1, -0.05) is 23.7 Å². The molecule has 0 aliphatic carbocycles. The zero-order chi connectivity index (χ0) is 14.5. The van der Waals surface area contributed by atoms with Crippen molar-refractivity contribution in [2.24, 2.45) is 0 Å². The Morgan fingerprint density at radius 3 is 2.75 bits per heavy atom. The molecule has 20 heavy (non-hydrogen) atoms. The Bertz CT molecular complexity index is 631. The number of benzene rings is 2. The number of nitrogens with one attached hydrogen (secondary N) is 2. The zero-order valence-electron chi connectivity index (χ0n) is 10.9. The normalized spacial score (nSPS) is 10.2. The van der Waals surface area contributed by atoms with Gasteiger partial charge in [0.05, 0.1) is 12.2 Å². The van der Waals surface area contributed by atoms with Crippen molar-refractivity contribution in [3.63, 3.8) is 0 Å². The van der Waals surface area contributed by atoms with Gasteiger partial charge in [0.15, 0.2) is 0 Å². The zero-order valence-corrected chi connectivity index (χ0v) is 11.7. The molecule has 0 spiro atoms. The highest BCUT2D eigenvalue weighted by atomic mass is 35.5. The first-order valence-corrected chi connectivity index (χ1v) is 6.48. The summed E-state index contributed by atoms with van der Waals surface area (Å²) in [6.45, 7) is 1.78. The Morgan fingerprint density at radius 2 is 2.05 bits per heavy atom. The number of anilines is 2. The van der Waals surface area contributed by atoms with Crippen LogP contribution in [-0.4, -0.2) is 12.5 Å². The molecule has 0 unspecified atom stereocenters. The molecule has 0 heterocycles. The Morgan fingerprint density at radius 1 is 1.25 bits per heavy atom. The number of carbonyl (C=O) groups is 1. The molecule has 3 nitrogen and oxygen atoms in total. The van der Waals surface area contributed by atoms with Gasteiger partial charge >= 0.3 is 0 Å². The molecule has 0 bridgehead atoms. The number of aryl methyl sites for hydroxylation is 1. The summed E-state index contributed by atoms with van der Waals surface area (Å²) in [6, 6.07) is 11.6. The van der Waals surface area contributed by atoms with Crippen molar-refractivity contribution in [1.29, 1.82) is 0 Å². The third kappa shape index (κ3) is 3.96. The number of hydrogen-bond donors (Lipinski definition) is 2. The highest BCUT2D eigenvalue weighted by Crippen LogP contribution is 2.16. The number of amides is 1. The summed E-state index contributed by atoms with van der Waals surface area (Å²) in [7, 11) is 0. The van der Waals surface area contributed by atoms with E-state index in [-0.39, 0.29) is 18.3 Å². The summed E-state index contributed by atoms with van der Waals surface area (Å²) in [4.78, 5) is 11.7. The van der Waals surface area contributed by atoms with Crippen molar-refractivity contribution in [3.8, 4) is 0 Å². The average molecular weight is 293 g/mol. The molecule has 1 amide bonds. The molecule has 2 N–H and O–H groups in total. The summed E-state index contributed by atoms with van der Waals surface area (Å²) in [5, 5.41) is 5.97. The molecule has 5 heteroatoms. The SMILES string of the molecule is Cc1ccc(NCC(=O)Nc2cccc(Cl)c2)c(F)c1. The fourth-order valence-electron chi connectivity index (χ4n) is 1.71. The molecule has 2 rings (SSSR count). The Hall–Kier alpha value is -2.07. The second-order valence-corrected chi connectivity index (χ2v) is 4.83. The third-order valence-corrected chi connectivity index (χ3v) is 2.91. The van der Waals surface area contributed by atoms with Crippen molar-refractivity contribution in [2.75, 3.05) is 17.2 Å². The minimum absolute atomic E-state index is 0.0213. The van der Waals surface area contributed by atoms with E-state index in [1.165, 1.54) is 6.07 Å². The van der Waals surface area contributed by atoms with Crippen molar-refractivity contribution in [1.82, 2.24) is 0 Å². The first kappa shape index (κ1) is 14.3. The van der Waals surface area contributed by atoms with Crippen LogP contribution in [0, 0.1) is 12.7 Å². The van der Waals surface area contributed by atoms with Crippen LogP contribution in [0.25, 0.3) is 0 Å². The van der Waals surface area contributed by atoms with Crippen LogP contribution in [-0.2, 0) is 4.79 Å². The van der Waals surface area contributed by atoms with E-state index in [2.05, 4.69) is 10.6 Å². The van der Waals surface area contributed by atoms with E-state index in [0.717, 1.165) is 5.56 Å². The van der Waals surface area contributed by atoms with Crippen molar-refractivity contribution < 1.29 is 9.18 Å². The highest BCUT2D eigenvalue weighted by Gasteiger charge is 2.05. The Balaban J connectivity index is 1.92. The summed E-state index contributed by atoms with van der Waals surface area (Å²) in [6.07, 6.45) is 0. The van der Waals surface area contributed by atoms with Crippen LogP contribution in [0.2, 0.25) is 5.02 Å². The van der Waals surface area contributed by atoms with Gasteiger partial charge in [-0.05, 0) is 42.8 Å². The molecular weight excluding hydrogens is 279 g/mol. The topological polar surface area (TPSA) is 41.1 Å². The lowest BCUT2D eigenvalue weighted by Crippen LogP contribution is -2.22. The molecule has 0 fully saturated rings. The van der Waals surface area contributed by atoms with Gasteiger partial charge in [-0.3, -0.25) is 4.79 Å². The smallest absolute Gasteiger partial charge is 0.243 e. The van der Waals surface area contributed by atoms with Gasteiger partial charge in [-0.15, -0.1) is 0 Å².